The van der Waals surface area contributed by atoms with Crippen molar-refractivity contribution in [3.05, 3.63) is 12.2 Å². The standard InChI is InChI=1S/C19H33IN2O4/c1-16-4-2-3-5-17-14-19(17,7-6-16)15-26-18(23)21-8-10-24-12-13-25-11-9-22-20/h2,4,16-17,22H,3,5-15H2,1H3,(H,21,23)/b4-2-. The van der Waals surface area contributed by atoms with Crippen molar-refractivity contribution < 1.29 is 19.0 Å². The quantitative estimate of drug-likeness (QED) is 0.205. The van der Waals surface area contributed by atoms with Crippen molar-refractivity contribution in [1.29, 1.82) is 0 Å². The number of nitrogens with one attached hydrogen (secondary N) is 2. The average molecular weight is 480 g/mol. The van der Waals surface area contributed by atoms with Gasteiger partial charge in [0.1, 0.15) is 0 Å². The van der Waals surface area contributed by atoms with Crippen LogP contribution in [0.1, 0.15) is 39.0 Å². The Balaban J connectivity index is 1.51. The summed E-state index contributed by atoms with van der Waals surface area (Å²) < 4.78 is 19.3. The van der Waals surface area contributed by atoms with Gasteiger partial charge in [-0.25, -0.2) is 4.79 Å². The Hall–Kier alpha value is -0.380. The monoisotopic (exact) mass is 480 g/mol. The lowest BCUT2D eigenvalue weighted by atomic mass is 9.93. The van der Waals surface area contributed by atoms with Crippen molar-refractivity contribution in [2.75, 3.05) is 46.1 Å². The normalized spacial score (nSPS) is 29.0. The van der Waals surface area contributed by atoms with Crippen molar-refractivity contribution in [1.82, 2.24) is 8.85 Å². The number of hydrogen-bond donors (Lipinski definition) is 2. The van der Waals surface area contributed by atoms with E-state index in [2.05, 4.69) is 50.8 Å². The molecule has 6 nitrogen and oxygen atoms in total. The van der Waals surface area contributed by atoms with Crippen LogP contribution in [0.25, 0.3) is 0 Å². The number of allylic oxidation sites excluding steroid dienone is 2. The van der Waals surface area contributed by atoms with Crippen LogP contribution in [0.4, 0.5) is 4.79 Å². The highest BCUT2D eigenvalue weighted by Crippen LogP contribution is 2.59. The number of halogens is 1. The van der Waals surface area contributed by atoms with E-state index in [0.29, 0.717) is 45.5 Å². The lowest BCUT2D eigenvalue weighted by Gasteiger charge is -2.18. The van der Waals surface area contributed by atoms with E-state index in [0.717, 1.165) is 25.3 Å². The molecule has 0 bridgehead atoms. The average Bonchev–Trinajstić information content (AvgIpc) is 3.32. The number of hydrogen-bond acceptors (Lipinski definition) is 5. The van der Waals surface area contributed by atoms with Gasteiger partial charge in [-0.3, -0.25) is 3.53 Å². The van der Waals surface area contributed by atoms with Gasteiger partial charge in [0, 0.05) is 41.4 Å². The molecule has 0 aliphatic heterocycles. The van der Waals surface area contributed by atoms with Crippen LogP contribution in [0.5, 0.6) is 0 Å². The van der Waals surface area contributed by atoms with Gasteiger partial charge in [-0.05, 0) is 43.9 Å². The summed E-state index contributed by atoms with van der Waals surface area (Å²) in [5.41, 5.74) is 0.234. The topological polar surface area (TPSA) is 68.8 Å². The molecular weight excluding hydrogens is 447 g/mol. The maximum Gasteiger partial charge on any atom is 0.407 e. The molecule has 0 radical (unpaired) electrons. The van der Waals surface area contributed by atoms with Crippen molar-refractivity contribution in [3.63, 3.8) is 0 Å². The SMILES string of the molecule is CC1/C=C\CCC2CC2(COC(=O)NCCOCCOCCNI)CC1. The number of carbonyl (C=O) groups is 1. The second kappa shape index (κ2) is 12.2. The lowest BCUT2D eigenvalue weighted by Crippen LogP contribution is -2.30. The Morgan fingerprint density at radius 2 is 1.96 bits per heavy atom. The Kier molecular flexibility index (Phi) is 10.2. The van der Waals surface area contributed by atoms with E-state index < -0.39 is 0 Å². The minimum atomic E-state index is -0.330. The molecule has 0 saturated heterocycles. The molecule has 1 fully saturated rings. The van der Waals surface area contributed by atoms with Crippen molar-refractivity contribution >= 4 is 29.0 Å². The van der Waals surface area contributed by atoms with Gasteiger partial charge in [-0.1, -0.05) is 19.1 Å². The fourth-order valence-corrected chi connectivity index (χ4v) is 3.77. The highest BCUT2D eigenvalue weighted by molar-refractivity contribution is 14.1. The first-order valence-electron chi connectivity index (χ1n) is 9.72. The summed E-state index contributed by atoms with van der Waals surface area (Å²) in [5, 5.41) is 2.77. The summed E-state index contributed by atoms with van der Waals surface area (Å²) in [6, 6.07) is 0. The van der Waals surface area contributed by atoms with Crippen LogP contribution in [0.3, 0.4) is 0 Å². The minimum Gasteiger partial charge on any atom is -0.449 e. The fourth-order valence-electron chi connectivity index (χ4n) is 3.55. The van der Waals surface area contributed by atoms with Crippen LogP contribution in [0.15, 0.2) is 12.2 Å². The molecular formula is C19H33IN2O4. The number of carbonyl (C=O) groups excluding carboxylic acids is 1. The molecule has 7 heteroatoms. The van der Waals surface area contributed by atoms with Gasteiger partial charge in [0.2, 0.25) is 0 Å². The number of alkyl carbamates (subject to hydrolysis) is 1. The third-order valence-corrected chi connectivity index (χ3v) is 5.86. The Labute approximate surface area is 171 Å². The molecule has 26 heavy (non-hydrogen) atoms. The molecule has 2 N–H and O–H groups in total. The molecule has 0 heterocycles. The third-order valence-electron chi connectivity index (χ3n) is 5.32. The van der Waals surface area contributed by atoms with Crippen LogP contribution in [0, 0.1) is 17.3 Å². The molecule has 0 aromatic carbocycles. The zero-order valence-electron chi connectivity index (χ0n) is 15.8. The molecule has 2 aliphatic rings. The zero-order chi connectivity index (χ0) is 18.7. The number of rotatable bonds is 11. The molecule has 0 aromatic rings. The molecule has 0 aromatic heterocycles. The van der Waals surface area contributed by atoms with Crippen LogP contribution < -0.4 is 8.85 Å². The van der Waals surface area contributed by atoms with Crippen LogP contribution in [-0.2, 0) is 14.2 Å². The van der Waals surface area contributed by atoms with E-state index in [4.69, 9.17) is 14.2 Å². The van der Waals surface area contributed by atoms with E-state index in [1.54, 1.807) is 0 Å². The summed E-state index contributed by atoms with van der Waals surface area (Å²) in [7, 11) is 0. The molecule has 3 atom stereocenters. The predicted molar refractivity (Wildman–Crippen MR) is 110 cm³/mol. The maximum absolute atomic E-state index is 11.9. The van der Waals surface area contributed by atoms with Crippen LogP contribution >= 0.6 is 22.9 Å². The molecule has 3 unspecified atom stereocenters. The van der Waals surface area contributed by atoms with E-state index in [9.17, 15) is 4.79 Å². The van der Waals surface area contributed by atoms with Gasteiger partial charge >= 0.3 is 6.09 Å². The van der Waals surface area contributed by atoms with Gasteiger partial charge in [-0.15, -0.1) is 0 Å². The second-order valence-electron chi connectivity index (χ2n) is 7.40. The Bertz CT molecular complexity index is 449. The van der Waals surface area contributed by atoms with E-state index >= 15 is 0 Å². The maximum atomic E-state index is 11.9. The Morgan fingerprint density at radius 3 is 2.73 bits per heavy atom. The molecule has 1 amide bonds. The summed E-state index contributed by atoms with van der Waals surface area (Å²) in [4.78, 5) is 11.9. The van der Waals surface area contributed by atoms with Gasteiger partial charge in [-0.2, -0.15) is 0 Å². The molecule has 1 saturated carbocycles. The molecule has 150 valence electrons. The highest BCUT2D eigenvalue weighted by Gasteiger charge is 2.53. The van der Waals surface area contributed by atoms with Crippen molar-refractivity contribution in [2.24, 2.45) is 17.3 Å². The smallest absolute Gasteiger partial charge is 0.407 e. The zero-order valence-corrected chi connectivity index (χ0v) is 18.0. The summed E-state index contributed by atoms with van der Waals surface area (Å²) in [6.45, 7) is 6.36. The van der Waals surface area contributed by atoms with Crippen molar-refractivity contribution in [2.45, 2.75) is 39.0 Å². The molecule has 2 aliphatic carbocycles. The predicted octanol–water partition coefficient (Wildman–Crippen LogP) is 3.46. The van der Waals surface area contributed by atoms with E-state index in [-0.39, 0.29) is 11.5 Å². The van der Waals surface area contributed by atoms with Crippen LogP contribution in [-0.4, -0.2) is 52.2 Å². The minimum absolute atomic E-state index is 0.234. The summed E-state index contributed by atoms with van der Waals surface area (Å²) in [6.07, 6.45) is 10.2. The Morgan fingerprint density at radius 1 is 1.19 bits per heavy atom. The number of ether oxygens (including phenoxy) is 3. The molecule has 2 rings (SSSR count). The van der Waals surface area contributed by atoms with Gasteiger partial charge < -0.3 is 19.5 Å². The molecule has 0 spiro atoms. The lowest BCUT2D eigenvalue weighted by molar-refractivity contribution is 0.0501. The second-order valence-corrected chi connectivity index (χ2v) is 8.16. The summed E-state index contributed by atoms with van der Waals surface area (Å²) in [5.74, 6) is 1.34. The van der Waals surface area contributed by atoms with Crippen molar-refractivity contribution in [3.8, 4) is 0 Å². The summed E-state index contributed by atoms with van der Waals surface area (Å²) >= 11 is 2.09. The first-order chi connectivity index (χ1) is 12.7. The highest BCUT2D eigenvalue weighted by atomic mass is 127. The first kappa shape index (κ1) is 21.9. The van der Waals surface area contributed by atoms with Gasteiger partial charge in [0.15, 0.2) is 0 Å². The first-order valence-corrected chi connectivity index (χ1v) is 10.8. The van der Waals surface area contributed by atoms with Crippen LogP contribution in [0.2, 0.25) is 0 Å². The fraction of sp³-hybridized carbons (Fsp3) is 0.842. The largest absolute Gasteiger partial charge is 0.449 e. The van der Waals surface area contributed by atoms with Gasteiger partial charge in [0.25, 0.3) is 0 Å². The van der Waals surface area contributed by atoms with E-state index in [1.807, 2.05) is 0 Å². The van der Waals surface area contributed by atoms with E-state index in [1.165, 1.54) is 19.3 Å². The number of fused-ring (bicyclic) bond motifs is 1. The van der Waals surface area contributed by atoms with Gasteiger partial charge in [0.05, 0.1) is 33.0 Å². The number of amides is 1. The third kappa shape index (κ3) is 8.10.